The third-order valence-electron chi connectivity index (χ3n) is 2.86. The normalized spacial score (nSPS) is 13.4. The average Bonchev–Trinajstić information content (AvgIpc) is 2.37. The fourth-order valence-corrected chi connectivity index (χ4v) is 1.65. The maximum atomic E-state index is 11.6. The van der Waals surface area contributed by atoms with E-state index >= 15 is 0 Å². The van der Waals surface area contributed by atoms with Gasteiger partial charge in [-0.15, -0.1) is 0 Å². The number of hydrogen-bond acceptors (Lipinski definition) is 2. The second-order valence-electron chi connectivity index (χ2n) is 4.37. The number of benzene rings is 1. The minimum Gasteiger partial charge on any atom is -0.481 e. The Morgan fingerprint density at radius 1 is 1.26 bits per heavy atom. The quantitative estimate of drug-likeness (QED) is 0.776. The lowest BCUT2D eigenvalue weighted by molar-refractivity contribution is -0.141. The minimum atomic E-state index is -0.930. The zero-order chi connectivity index (χ0) is 14.4. The van der Waals surface area contributed by atoms with E-state index in [2.05, 4.69) is 26.6 Å². The Morgan fingerprint density at radius 3 is 2.37 bits per heavy atom. The first-order valence-electron chi connectivity index (χ1n) is 5.91. The molecule has 1 aromatic carbocycles. The lowest BCUT2D eigenvalue weighted by Gasteiger charge is -2.18. The molecule has 0 aliphatic carbocycles. The van der Waals surface area contributed by atoms with Crippen LogP contribution in [0.1, 0.15) is 19.4 Å². The Balaban J connectivity index is 2.39. The summed E-state index contributed by atoms with van der Waals surface area (Å²) in [5.74, 6) is -1.56. The van der Waals surface area contributed by atoms with Gasteiger partial charge in [0.2, 0.25) is 0 Å². The number of carboxylic acids is 1. The SMILES string of the molecule is CC(NC(=O)NCc1ccc(Br)cc1)C(C)C(=O)O. The number of hydrogen-bond donors (Lipinski definition) is 3. The minimum absolute atomic E-state index is 0.372. The Hall–Kier alpha value is -1.56. The smallest absolute Gasteiger partial charge is 0.315 e. The third-order valence-corrected chi connectivity index (χ3v) is 3.39. The van der Waals surface area contributed by atoms with E-state index < -0.39 is 17.9 Å². The summed E-state index contributed by atoms with van der Waals surface area (Å²) in [4.78, 5) is 22.4. The molecule has 1 rings (SSSR count). The summed E-state index contributed by atoms with van der Waals surface area (Å²) < 4.78 is 0.976. The van der Waals surface area contributed by atoms with E-state index in [1.54, 1.807) is 13.8 Å². The van der Waals surface area contributed by atoms with Crippen LogP contribution in [0.3, 0.4) is 0 Å². The third kappa shape index (κ3) is 5.30. The maximum Gasteiger partial charge on any atom is 0.315 e. The lowest BCUT2D eigenvalue weighted by atomic mass is 10.0. The van der Waals surface area contributed by atoms with Crippen LogP contribution in [0, 0.1) is 5.92 Å². The Labute approximate surface area is 120 Å². The molecule has 0 saturated heterocycles. The summed E-state index contributed by atoms with van der Waals surface area (Å²) >= 11 is 3.33. The molecule has 0 fully saturated rings. The fourth-order valence-electron chi connectivity index (χ4n) is 1.38. The van der Waals surface area contributed by atoms with Gasteiger partial charge in [-0.2, -0.15) is 0 Å². The number of carbonyl (C=O) groups is 2. The van der Waals surface area contributed by atoms with Gasteiger partial charge in [0.25, 0.3) is 0 Å². The molecule has 3 N–H and O–H groups in total. The van der Waals surface area contributed by atoms with Crippen LogP contribution in [0.2, 0.25) is 0 Å². The molecular formula is C13H17BrN2O3. The summed E-state index contributed by atoms with van der Waals surface area (Å²) in [6.45, 7) is 3.62. The zero-order valence-corrected chi connectivity index (χ0v) is 12.4. The lowest BCUT2D eigenvalue weighted by Crippen LogP contribution is -2.44. The molecule has 0 aliphatic heterocycles. The molecule has 6 heteroatoms. The first kappa shape index (κ1) is 15.5. The predicted molar refractivity (Wildman–Crippen MR) is 75.8 cm³/mol. The topological polar surface area (TPSA) is 78.4 Å². The number of rotatable bonds is 5. The van der Waals surface area contributed by atoms with Crippen molar-refractivity contribution in [1.82, 2.24) is 10.6 Å². The van der Waals surface area contributed by atoms with Crippen molar-refractivity contribution >= 4 is 27.9 Å². The van der Waals surface area contributed by atoms with Crippen molar-refractivity contribution in [2.75, 3.05) is 0 Å². The van der Waals surface area contributed by atoms with E-state index in [4.69, 9.17) is 5.11 Å². The van der Waals surface area contributed by atoms with E-state index in [-0.39, 0.29) is 6.03 Å². The summed E-state index contributed by atoms with van der Waals surface area (Å²) in [7, 11) is 0. The second kappa shape index (κ2) is 7.13. The molecule has 104 valence electrons. The van der Waals surface area contributed by atoms with Gasteiger partial charge >= 0.3 is 12.0 Å². The van der Waals surface area contributed by atoms with Crippen LogP contribution >= 0.6 is 15.9 Å². The van der Waals surface area contributed by atoms with Gasteiger partial charge in [0.1, 0.15) is 0 Å². The molecule has 0 spiro atoms. The molecule has 2 atom stereocenters. The highest BCUT2D eigenvalue weighted by atomic mass is 79.9. The van der Waals surface area contributed by atoms with Crippen LogP contribution in [0.25, 0.3) is 0 Å². The van der Waals surface area contributed by atoms with Gasteiger partial charge < -0.3 is 15.7 Å². The fraction of sp³-hybridized carbons (Fsp3) is 0.385. The van der Waals surface area contributed by atoms with Crippen molar-refractivity contribution in [3.05, 3.63) is 34.3 Å². The molecule has 5 nitrogen and oxygen atoms in total. The zero-order valence-electron chi connectivity index (χ0n) is 10.8. The van der Waals surface area contributed by atoms with Gasteiger partial charge in [0.05, 0.1) is 5.92 Å². The molecule has 0 radical (unpaired) electrons. The molecule has 0 aromatic heterocycles. The van der Waals surface area contributed by atoms with Crippen LogP contribution in [0.5, 0.6) is 0 Å². The van der Waals surface area contributed by atoms with Crippen molar-refractivity contribution in [1.29, 1.82) is 0 Å². The van der Waals surface area contributed by atoms with Crippen LogP contribution in [0.15, 0.2) is 28.7 Å². The first-order valence-corrected chi connectivity index (χ1v) is 6.71. The summed E-state index contributed by atoms with van der Waals surface area (Å²) in [6.07, 6.45) is 0. The predicted octanol–water partition coefficient (Wildman–Crippen LogP) is 2.36. The van der Waals surface area contributed by atoms with Gasteiger partial charge in [-0.1, -0.05) is 28.1 Å². The number of urea groups is 1. The maximum absolute atomic E-state index is 11.6. The van der Waals surface area contributed by atoms with Crippen molar-refractivity contribution < 1.29 is 14.7 Å². The molecule has 0 bridgehead atoms. The van der Waals surface area contributed by atoms with Gasteiger partial charge in [-0.05, 0) is 31.5 Å². The van der Waals surface area contributed by atoms with Crippen LogP contribution in [0.4, 0.5) is 4.79 Å². The van der Waals surface area contributed by atoms with Crippen molar-refractivity contribution in [3.8, 4) is 0 Å². The summed E-state index contributed by atoms with van der Waals surface area (Å²) in [6, 6.07) is 6.78. The first-order chi connectivity index (χ1) is 8.90. The monoisotopic (exact) mass is 328 g/mol. The number of halogens is 1. The van der Waals surface area contributed by atoms with Gasteiger partial charge in [0.15, 0.2) is 0 Å². The molecular weight excluding hydrogens is 312 g/mol. The Kier molecular flexibility index (Phi) is 5.82. The molecule has 0 heterocycles. The highest BCUT2D eigenvalue weighted by molar-refractivity contribution is 9.10. The van der Waals surface area contributed by atoms with Crippen molar-refractivity contribution in [2.24, 2.45) is 5.92 Å². The van der Waals surface area contributed by atoms with Gasteiger partial charge in [0, 0.05) is 17.1 Å². The molecule has 19 heavy (non-hydrogen) atoms. The number of amides is 2. The molecule has 0 saturated carbocycles. The number of carboxylic acid groups (broad SMARTS) is 1. The van der Waals surface area contributed by atoms with E-state index in [1.807, 2.05) is 24.3 Å². The van der Waals surface area contributed by atoms with E-state index in [9.17, 15) is 9.59 Å². The van der Waals surface area contributed by atoms with Gasteiger partial charge in [-0.3, -0.25) is 4.79 Å². The highest BCUT2D eigenvalue weighted by Gasteiger charge is 2.20. The standard InChI is InChI=1S/C13H17BrN2O3/c1-8(12(17)18)9(2)16-13(19)15-7-10-3-5-11(14)6-4-10/h3-6,8-9H,7H2,1-2H3,(H,17,18)(H2,15,16,19). The summed E-state index contributed by atoms with van der Waals surface area (Å²) in [5.41, 5.74) is 0.970. The highest BCUT2D eigenvalue weighted by Crippen LogP contribution is 2.10. The molecule has 2 amide bonds. The van der Waals surface area contributed by atoms with E-state index in [0.29, 0.717) is 6.54 Å². The number of aliphatic carboxylic acids is 1. The number of carbonyl (C=O) groups excluding carboxylic acids is 1. The second-order valence-corrected chi connectivity index (χ2v) is 5.28. The largest absolute Gasteiger partial charge is 0.481 e. The Morgan fingerprint density at radius 2 is 1.84 bits per heavy atom. The average molecular weight is 329 g/mol. The van der Waals surface area contributed by atoms with Crippen molar-refractivity contribution in [3.63, 3.8) is 0 Å². The van der Waals surface area contributed by atoms with Gasteiger partial charge in [-0.25, -0.2) is 4.79 Å². The molecule has 0 aliphatic rings. The van der Waals surface area contributed by atoms with Crippen LogP contribution < -0.4 is 10.6 Å². The molecule has 1 aromatic rings. The Bertz CT molecular complexity index is 448. The van der Waals surface area contributed by atoms with Crippen LogP contribution in [-0.2, 0) is 11.3 Å². The molecule has 2 unspecified atom stereocenters. The van der Waals surface area contributed by atoms with Crippen molar-refractivity contribution in [2.45, 2.75) is 26.4 Å². The summed E-state index contributed by atoms with van der Waals surface area (Å²) in [5, 5.41) is 14.1. The number of nitrogens with one attached hydrogen (secondary N) is 2. The van der Waals surface area contributed by atoms with Crippen LogP contribution in [-0.4, -0.2) is 23.1 Å². The van der Waals surface area contributed by atoms with E-state index in [1.165, 1.54) is 0 Å². The van der Waals surface area contributed by atoms with E-state index in [0.717, 1.165) is 10.0 Å².